The van der Waals surface area contributed by atoms with Crippen LogP contribution in [0.25, 0.3) is 0 Å². The van der Waals surface area contributed by atoms with Gasteiger partial charge in [-0.3, -0.25) is 9.69 Å². The van der Waals surface area contributed by atoms with E-state index in [1.807, 2.05) is 0 Å². The van der Waals surface area contributed by atoms with Gasteiger partial charge in [0.2, 0.25) is 0 Å². The Morgan fingerprint density at radius 3 is 3.06 bits per heavy atom. The van der Waals surface area contributed by atoms with Crippen LogP contribution in [-0.2, 0) is 0 Å². The molecule has 1 N–H and O–H groups in total. The highest BCUT2D eigenvalue weighted by Gasteiger charge is 2.29. The van der Waals surface area contributed by atoms with Crippen LogP contribution >= 0.6 is 0 Å². The second-order valence-electron chi connectivity index (χ2n) is 4.90. The first kappa shape index (κ1) is 10.8. The molecule has 0 aromatic carbocycles. The molecule has 0 spiro atoms. The van der Waals surface area contributed by atoms with Gasteiger partial charge in [-0.25, -0.2) is 4.98 Å². The first-order chi connectivity index (χ1) is 8.33. The predicted octanol–water partition coefficient (Wildman–Crippen LogP) is 0.444. The van der Waals surface area contributed by atoms with Crippen LogP contribution in [-0.4, -0.2) is 47.1 Å². The van der Waals surface area contributed by atoms with Gasteiger partial charge in [0.25, 0.3) is 5.56 Å². The summed E-state index contributed by atoms with van der Waals surface area (Å²) in [6, 6.07) is 2.25. The molecule has 5 heteroatoms. The van der Waals surface area contributed by atoms with Gasteiger partial charge >= 0.3 is 0 Å². The van der Waals surface area contributed by atoms with Crippen molar-refractivity contribution in [3.8, 4) is 0 Å². The van der Waals surface area contributed by atoms with Crippen molar-refractivity contribution in [2.45, 2.75) is 25.3 Å². The summed E-state index contributed by atoms with van der Waals surface area (Å²) in [4.78, 5) is 23.0. The molecule has 0 amide bonds. The lowest BCUT2D eigenvalue weighted by Gasteiger charge is -2.26. The molecule has 0 aliphatic carbocycles. The zero-order valence-corrected chi connectivity index (χ0v) is 9.93. The van der Waals surface area contributed by atoms with E-state index in [4.69, 9.17) is 0 Å². The number of anilines is 1. The van der Waals surface area contributed by atoms with Crippen molar-refractivity contribution in [1.29, 1.82) is 0 Å². The molecule has 17 heavy (non-hydrogen) atoms. The fraction of sp³-hybridized carbons (Fsp3) is 0.667. The highest BCUT2D eigenvalue weighted by Crippen LogP contribution is 2.23. The molecule has 1 unspecified atom stereocenters. The minimum Gasteiger partial charge on any atom is -0.355 e. The second kappa shape index (κ2) is 4.49. The molecule has 1 atom stereocenters. The van der Waals surface area contributed by atoms with Gasteiger partial charge in [0.05, 0.1) is 6.33 Å². The monoisotopic (exact) mass is 234 g/mol. The van der Waals surface area contributed by atoms with E-state index in [9.17, 15) is 4.79 Å². The Morgan fingerprint density at radius 2 is 2.18 bits per heavy atom. The zero-order chi connectivity index (χ0) is 11.7. The summed E-state index contributed by atoms with van der Waals surface area (Å²) in [5, 5.41) is 0. The van der Waals surface area contributed by atoms with E-state index >= 15 is 0 Å². The molecule has 1 aromatic heterocycles. The highest BCUT2D eigenvalue weighted by molar-refractivity contribution is 5.37. The Hall–Kier alpha value is -1.36. The molecule has 3 rings (SSSR count). The molecule has 0 saturated carbocycles. The third-order valence-corrected chi connectivity index (χ3v) is 3.79. The molecule has 0 bridgehead atoms. The van der Waals surface area contributed by atoms with Gasteiger partial charge in [-0.05, 0) is 25.8 Å². The highest BCUT2D eigenvalue weighted by atomic mass is 16.1. The minimum absolute atomic E-state index is 0.0671. The fourth-order valence-corrected chi connectivity index (χ4v) is 2.95. The fourth-order valence-electron chi connectivity index (χ4n) is 2.95. The Morgan fingerprint density at radius 1 is 1.29 bits per heavy atom. The van der Waals surface area contributed by atoms with E-state index in [-0.39, 0.29) is 5.56 Å². The van der Waals surface area contributed by atoms with Crippen molar-refractivity contribution in [1.82, 2.24) is 14.9 Å². The molecule has 92 valence electrons. The Kier molecular flexibility index (Phi) is 2.84. The van der Waals surface area contributed by atoms with Gasteiger partial charge in [0.1, 0.15) is 5.82 Å². The number of aromatic amines is 1. The van der Waals surface area contributed by atoms with Crippen LogP contribution in [0.15, 0.2) is 17.2 Å². The largest absolute Gasteiger partial charge is 0.355 e. The molecule has 2 saturated heterocycles. The molecule has 3 heterocycles. The third kappa shape index (κ3) is 2.20. The lowest BCUT2D eigenvalue weighted by molar-refractivity contribution is 0.273. The van der Waals surface area contributed by atoms with Crippen molar-refractivity contribution in [3.05, 3.63) is 22.7 Å². The van der Waals surface area contributed by atoms with Crippen LogP contribution in [0.1, 0.15) is 19.3 Å². The minimum atomic E-state index is -0.0671. The molecular weight excluding hydrogens is 216 g/mol. The van der Waals surface area contributed by atoms with Crippen LogP contribution in [0.4, 0.5) is 5.82 Å². The quantitative estimate of drug-likeness (QED) is 0.766. The van der Waals surface area contributed by atoms with E-state index in [0.29, 0.717) is 6.04 Å². The summed E-state index contributed by atoms with van der Waals surface area (Å²) in [7, 11) is 0. The molecular formula is C12H18N4O. The van der Waals surface area contributed by atoms with Gasteiger partial charge in [-0.2, -0.15) is 0 Å². The van der Waals surface area contributed by atoms with Crippen LogP contribution in [0.3, 0.4) is 0 Å². The van der Waals surface area contributed by atoms with Gasteiger partial charge in [-0.1, -0.05) is 0 Å². The molecule has 2 aliphatic rings. The van der Waals surface area contributed by atoms with E-state index in [0.717, 1.165) is 25.3 Å². The first-order valence-electron chi connectivity index (χ1n) is 6.37. The standard InChI is InChI=1S/C12H18N4O/c17-12-7-11(13-9-14-12)16-6-2-5-15-4-1-3-10(15)8-16/h7,9-10H,1-6,8H2,(H,13,14,17). The lowest BCUT2D eigenvalue weighted by atomic mass is 10.2. The number of hydrogen-bond donors (Lipinski definition) is 1. The Labute approximate surface area is 100 Å². The van der Waals surface area contributed by atoms with Crippen molar-refractivity contribution in [3.63, 3.8) is 0 Å². The number of fused-ring (bicyclic) bond motifs is 1. The predicted molar refractivity (Wildman–Crippen MR) is 66.3 cm³/mol. The van der Waals surface area contributed by atoms with E-state index in [2.05, 4.69) is 19.8 Å². The normalized spacial score (nSPS) is 25.6. The van der Waals surface area contributed by atoms with Crippen molar-refractivity contribution >= 4 is 5.82 Å². The molecule has 2 fully saturated rings. The Balaban J connectivity index is 1.81. The molecule has 0 radical (unpaired) electrons. The van der Waals surface area contributed by atoms with Gasteiger partial charge in [-0.15, -0.1) is 0 Å². The zero-order valence-electron chi connectivity index (χ0n) is 9.93. The van der Waals surface area contributed by atoms with Crippen LogP contribution in [0, 0.1) is 0 Å². The number of rotatable bonds is 1. The topological polar surface area (TPSA) is 52.2 Å². The Bertz CT molecular complexity index is 444. The van der Waals surface area contributed by atoms with Crippen molar-refractivity contribution in [2.24, 2.45) is 0 Å². The second-order valence-corrected chi connectivity index (χ2v) is 4.90. The third-order valence-electron chi connectivity index (χ3n) is 3.79. The van der Waals surface area contributed by atoms with E-state index in [1.54, 1.807) is 6.07 Å². The smallest absolute Gasteiger partial charge is 0.252 e. The summed E-state index contributed by atoms with van der Waals surface area (Å²) in [6.07, 6.45) is 5.24. The molecule has 5 nitrogen and oxygen atoms in total. The van der Waals surface area contributed by atoms with Crippen LogP contribution in [0.2, 0.25) is 0 Å². The van der Waals surface area contributed by atoms with Crippen molar-refractivity contribution in [2.75, 3.05) is 31.1 Å². The number of H-pyrrole nitrogens is 1. The summed E-state index contributed by atoms with van der Waals surface area (Å²) in [5.74, 6) is 0.822. The summed E-state index contributed by atoms with van der Waals surface area (Å²) in [6.45, 7) is 4.44. The maximum atomic E-state index is 11.3. The van der Waals surface area contributed by atoms with E-state index < -0.39 is 0 Å². The molecule has 2 aliphatic heterocycles. The number of nitrogens with zero attached hydrogens (tertiary/aromatic N) is 3. The average molecular weight is 234 g/mol. The number of hydrogen-bond acceptors (Lipinski definition) is 4. The first-order valence-corrected chi connectivity index (χ1v) is 6.37. The van der Waals surface area contributed by atoms with Crippen LogP contribution < -0.4 is 10.5 Å². The summed E-state index contributed by atoms with van der Waals surface area (Å²) < 4.78 is 0. The van der Waals surface area contributed by atoms with Crippen LogP contribution in [0.5, 0.6) is 0 Å². The number of nitrogens with one attached hydrogen (secondary N) is 1. The van der Waals surface area contributed by atoms with Gasteiger partial charge < -0.3 is 9.88 Å². The SMILES string of the molecule is O=c1cc(N2CCCN3CCCC3C2)nc[nH]1. The maximum Gasteiger partial charge on any atom is 0.252 e. The van der Waals surface area contributed by atoms with Gasteiger partial charge in [0.15, 0.2) is 0 Å². The summed E-state index contributed by atoms with van der Waals surface area (Å²) in [5.41, 5.74) is -0.0671. The van der Waals surface area contributed by atoms with Crippen molar-refractivity contribution < 1.29 is 0 Å². The average Bonchev–Trinajstić information content (AvgIpc) is 2.66. The molecule has 1 aromatic rings. The lowest BCUT2D eigenvalue weighted by Crippen LogP contribution is -2.37. The maximum absolute atomic E-state index is 11.3. The van der Waals surface area contributed by atoms with Gasteiger partial charge in [0, 0.05) is 31.7 Å². The number of aromatic nitrogens is 2. The van der Waals surface area contributed by atoms with E-state index in [1.165, 1.54) is 32.3 Å². The summed E-state index contributed by atoms with van der Waals surface area (Å²) >= 11 is 0.